The van der Waals surface area contributed by atoms with E-state index in [1.807, 2.05) is 48.2 Å². The molecule has 4 aromatic rings. The lowest BCUT2D eigenvalue weighted by Gasteiger charge is -2.31. The van der Waals surface area contributed by atoms with Crippen molar-refractivity contribution in [2.75, 3.05) is 13.1 Å². The lowest BCUT2D eigenvalue weighted by molar-refractivity contribution is -0.132. The maximum atomic E-state index is 12.9. The third-order valence-corrected chi connectivity index (χ3v) is 6.96. The van der Waals surface area contributed by atoms with E-state index < -0.39 is 0 Å². The van der Waals surface area contributed by atoms with Gasteiger partial charge in [-0.3, -0.25) is 4.79 Å². The minimum absolute atomic E-state index is 0.140. The number of amides is 1. The van der Waals surface area contributed by atoms with Gasteiger partial charge in [0, 0.05) is 37.4 Å². The molecule has 1 fully saturated rings. The number of benzene rings is 2. The minimum Gasteiger partial charge on any atom is -0.342 e. The second kappa shape index (κ2) is 8.59. The molecule has 2 aromatic carbocycles. The molecular weight excluding hydrogens is 408 g/mol. The molecule has 0 bridgehead atoms. The van der Waals surface area contributed by atoms with Crippen molar-refractivity contribution in [3.63, 3.8) is 0 Å². The van der Waals surface area contributed by atoms with Crippen molar-refractivity contribution in [1.29, 1.82) is 0 Å². The molecule has 0 spiro atoms. The van der Waals surface area contributed by atoms with Crippen LogP contribution >= 0.6 is 11.3 Å². The molecule has 158 valence electrons. The molecular formula is C24H24N4O2S. The summed E-state index contributed by atoms with van der Waals surface area (Å²) in [4.78, 5) is 24.1. The molecule has 1 aliphatic rings. The summed E-state index contributed by atoms with van der Waals surface area (Å²) in [6.07, 6.45) is 2.92. The highest BCUT2D eigenvalue weighted by atomic mass is 32.1. The first-order valence-corrected chi connectivity index (χ1v) is 11.5. The van der Waals surface area contributed by atoms with E-state index >= 15 is 0 Å². The Morgan fingerprint density at radius 2 is 2.00 bits per heavy atom. The van der Waals surface area contributed by atoms with Crippen LogP contribution in [0.1, 0.15) is 41.6 Å². The summed E-state index contributed by atoms with van der Waals surface area (Å²) in [7, 11) is 0. The first-order valence-electron chi connectivity index (χ1n) is 10.7. The molecule has 1 saturated heterocycles. The normalized spacial score (nSPS) is 16.7. The van der Waals surface area contributed by atoms with Gasteiger partial charge >= 0.3 is 0 Å². The Bertz CT molecular complexity index is 1160. The predicted molar refractivity (Wildman–Crippen MR) is 121 cm³/mol. The van der Waals surface area contributed by atoms with E-state index in [4.69, 9.17) is 9.51 Å². The summed E-state index contributed by atoms with van der Waals surface area (Å²) in [5.41, 5.74) is 3.15. The SMILES string of the molecule is Cc1ccc(-c2noc(CCC(=O)N3CCC[C@@H](c4nc5ccccc5s4)C3)n2)cc1. The van der Waals surface area contributed by atoms with E-state index in [-0.39, 0.29) is 5.91 Å². The van der Waals surface area contributed by atoms with Crippen molar-refractivity contribution in [1.82, 2.24) is 20.0 Å². The predicted octanol–water partition coefficient (Wildman–Crippen LogP) is 4.99. The highest BCUT2D eigenvalue weighted by Crippen LogP contribution is 2.33. The Kier molecular flexibility index (Phi) is 5.51. The van der Waals surface area contributed by atoms with E-state index in [2.05, 4.69) is 22.3 Å². The second-order valence-corrected chi connectivity index (χ2v) is 9.14. The van der Waals surface area contributed by atoms with E-state index in [1.165, 1.54) is 10.3 Å². The number of fused-ring (bicyclic) bond motifs is 1. The number of aryl methyl sites for hydroxylation is 2. The van der Waals surface area contributed by atoms with Crippen LogP contribution in [0.15, 0.2) is 53.1 Å². The molecule has 0 aliphatic carbocycles. The fourth-order valence-corrected chi connectivity index (χ4v) is 5.11. The highest BCUT2D eigenvalue weighted by molar-refractivity contribution is 7.18. The number of carbonyl (C=O) groups is 1. The average Bonchev–Trinajstić information content (AvgIpc) is 3.45. The Morgan fingerprint density at radius 3 is 2.84 bits per heavy atom. The number of nitrogens with zero attached hydrogens (tertiary/aromatic N) is 4. The molecule has 1 aliphatic heterocycles. The summed E-state index contributed by atoms with van der Waals surface area (Å²) < 4.78 is 6.58. The number of piperidine rings is 1. The minimum atomic E-state index is 0.140. The number of likely N-dealkylation sites (tertiary alicyclic amines) is 1. The highest BCUT2D eigenvalue weighted by Gasteiger charge is 2.27. The molecule has 7 heteroatoms. The summed E-state index contributed by atoms with van der Waals surface area (Å²) in [5.74, 6) is 1.52. The van der Waals surface area contributed by atoms with Crippen molar-refractivity contribution < 1.29 is 9.32 Å². The molecule has 3 heterocycles. The van der Waals surface area contributed by atoms with Crippen LogP contribution in [0.3, 0.4) is 0 Å². The molecule has 0 saturated carbocycles. The van der Waals surface area contributed by atoms with Crippen LogP contribution in [0.5, 0.6) is 0 Å². The number of carbonyl (C=O) groups excluding carboxylic acids is 1. The van der Waals surface area contributed by atoms with Gasteiger partial charge in [-0.2, -0.15) is 4.98 Å². The van der Waals surface area contributed by atoms with Crippen LogP contribution in [0.2, 0.25) is 0 Å². The summed E-state index contributed by atoms with van der Waals surface area (Å²) in [6.45, 7) is 3.58. The van der Waals surface area contributed by atoms with Crippen molar-refractivity contribution in [3.8, 4) is 11.4 Å². The molecule has 0 N–H and O–H groups in total. The lowest BCUT2D eigenvalue weighted by Crippen LogP contribution is -2.39. The van der Waals surface area contributed by atoms with Gasteiger partial charge in [-0.1, -0.05) is 47.1 Å². The molecule has 6 nitrogen and oxygen atoms in total. The topological polar surface area (TPSA) is 72.1 Å². The van der Waals surface area contributed by atoms with Gasteiger partial charge in [0.15, 0.2) is 0 Å². The van der Waals surface area contributed by atoms with Crippen molar-refractivity contribution in [2.24, 2.45) is 0 Å². The van der Waals surface area contributed by atoms with Crippen LogP contribution in [0.4, 0.5) is 0 Å². The molecule has 5 rings (SSSR count). The van der Waals surface area contributed by atoms with Crippen LogP contribution < -0.4 is 0 Å². The molecule has 0 radical (unpaired) electrons. The lowest BCUT2D eigenvalue weighted by atomic mass is 9.98. The first kappa shape index (κ1) is 19.9. The third kappa shape index (κ3) is 4.37. The van der Waals surface area contributed by atoms with Crippen LogP contribution in [0, 0.1) is 6.92 Å². The second-order valence-electron chi connectivity index (χ2n) is 8.08. The van der Waals surface area contributed by atoms with Gasteiger partial charge in [0.25, 0.3) is 0 Å². The van der Waals surface area contributed by atoms with Gasteiger partial charge in [0.05, 0.1) is 15.2 Å². The fraction of sp³-hybridized carbons (Fsp3) is 0.333. The smallest absolute Gasteiger partial charge is 0.227 e. The number of para-hydroxylation sites is 1. The van der Waals surface area contributed by atoms with E-state index in [0.717, 1.165) is 42.0 Å². The Labute approximate surface area is 184 Å². The van der Waals surface area contributed by atoms with Crippen molar-refractivity contribution in [2.45, 2.75) is 38.5 Å². The van der Waals surface area contributed by atoms with E-state index in [0.29, 0.717) is 30.5 Å². The first-order chi connectivity index (χ1) is 15.2. The molecule has 2 aromatic heterocycles. The van der Waals surface area contributed by atoms with Gasteiger partial charge in [-0.15, -0.1) is 11.3 Å². The molecule has 0 unspecified atom stereocenters. The summed E-state index contributed by atoms with van der Waals surface area (Å²) in [6, 6.07) is 16.2. The Balaban J connectivity index is 1.20. The monoisotopic (exact) mass is 432 g/mol. The summed E-state index contributed by atoms with van der Waals surface area (Å²) >= 11 is 1.75. The zero-order chi connectivity index (χ0) is 21.2. The molecule has 1 amide bonds. The van der Waals surface area contributed by atoms with Gasteiger partial charge in [0.2, 0.25) is 17.6 Å². The zero-order valence-corrected chi connectivity index (χ0v) is 18.3. The van der Waals surface area contributed by atoms with E-state index in [1.54, 1.807) is 11.3 Å². The van der Waals surface area contributed by atoms with Gasteiger partial charge < -0.3 is 9.42 Å². The Hall–Kier alpha value is -3.06. The largest absolute Gasteiger partial charge is 0.342 e. The van der Waals surface area contributed by atoms with Gasteiger partial charge in [0.1, 0.15) is 0 Å². The number of rotatable bonds is 5. The zero-order valence-electron chi connectivity index (χ0n) is 17.5. The average molecular weight is 433 g/mol. The van der Waals surface area contributed by atoms with Gasteiger partial charge in [-0.25, -0.2) is 4.98 Å². The number of thiazole rings is 1. The Morgan fingerprint density at radius 1 is 1.16 bits per heavy atom. The van der Waals surface area contributed by atoms with E-state index in [9.17, 15) is 4.79 Å². The maximum absolute atomic E-state index is 12.9. The quantitative estimate of drug-likeness (QED) is 0.444. The molecule has 31 heavy (non-hydrogen) atoms. The van der Waals surface area contributed by atoms with Crippen molar-refractivity contribution >= 4 is 27.5 Å². The maximum Gasteiger partial charge on any atom is 0.227 e. The number of hydrogen-bond donors (Lipinski definition) is 0. The number of aromatic nitrogens is 3. The third-order valence-electron chi connectivity index (χ3n) is 5.76. The fourth-order valence-electron chi connectivity index (χ4n) is 4.02. The molecule has 1 atom stereocenters. The van der Waals surface area contributed by atoms with Crippen LogP contribution in [-0.2, 0) is 11.2 Å². The standard InChI is InChI=1S/C24H24N4O2S/c1-16-8-10-17(11-9-16)23-26-21(30-27-23)12-13-22(29)28-14-4-5-18(15-28)24-25-19-6-2-3-7-20(19)31-24/h2-3,6-11,18H,4-5,12-15H2,1H3/t18-/m1/s1. The van der Waals surface area contributed by atoms with Gasteiger partial charge in [-0.05, 0) is 31.9 Å². The van der Waals surface area contributed by atoms with Crippen LogP contribution in [-0.4, -0.2) is 39.0 Å². The van der Waals surface area contributed by atoms with Crippen LogP contribution in [0.25, 0.3) is 21.6 Å². The number of hydrogen-bond acceptors (Lipinski definition) is 6. The summed E-state index contributed by atoms with van der Waals surface area (Å²) in [5, 5.41) is 5.20. The van der Waals surface area contributed by atoms with Crippen molar-refractivity contribution in [3.05, 3.63) is 65.0 Å².